The van der Waals surface area contributed by atoms with Gasteiger partial charge in [0.25, 0.3) is 0 Å². The van der Waals surface area contributed by atoms with E-state index >= 15 is 0 Å². The molecule has 0 radical (unpaired) electrons. The molecule has 140 valence electrons. The molecule has 0 fully saturated rings. The molecule has 0 spiro atoms. The number of rotatable bonds is 5. The number of aromatic nitrogens is 1. The highest BCUT2D eigenvalue weighted by Gasteiger charge is 2.29. The SMILES string of the molecule is CCOC(=O)c1c(-c2ccc(-c3ccccc3)cc2)c(C#N)c(C(C)=O)n1C. The second kappa shape index (κ2) is 7.93. The molecule has 0 N–H and O–H groups in total. The van der Waals surface area contributed by atoms with Crippen molar-refractivity contribution in [3.63, 3.8) is 0 Å². The molecule has 0 aliphatic carbocycles. The van der Waals surface area contributed by atoms with Crippen LogP contribution in [0.1, 0.15) is 40.4 Å². The first-order chi connectivity index (χ1) is 13.5. The number of hydrogen-bond donors (Lipinski definition) is 0. The average Bonchev–Trinajstić information content (AvgIpc) is 3.01. The Morgan fingerprint density at radius 1 is 0.964 bits per heavy atom. The quantitative estimate of drug-likeness (QED) is 0.484. The summed E-state index contributed by atoms with van der Waals surface area (Å²) >= 11 is 0. The molecule has 0 atom stereocenters. The maximum Gasteiger partial charge on any atom is 0.355 e. The number of hydrogen-bond acceptors (Lipinski definition) is 4. The number of nitriles is 1. The van der Waals surface area contributed by atoms with E-state index in [0.29, 0.717) is 11.1 Å². The van der Waals surface area contributed by atoms with Gasteiger partial charge in [0.2, 0.25) is 0 Å². The molecule has 0 saturated carbocycles. The van der Waals surface area contributed by atoms with Gasteiger partial charge in [-0.25, -0.2) is 4.79 Å². The van der Waals surface area contributed by atoms with Crippen molar-refractivity contribution < 1.29 is 14.3 Å². The fraction of sp³-hybridized carbons (Fsp3) is 0.174. The largest absolute Gasteiger partial charge is 0.461 e. The minimum atomic E-state index is -0.559. The molecular weight excluding hydrogens is 352 g/mol. The molecule has 0 saturated heterocycles. The number of benzene rings is 2. The van der Waals surface area contributed by atoms with Crippen molar-refractivity contribution in [2.45, 2.75) is 13.8 Å². The van der Waals surface area contributed by atoms with Gasteiger partial charge in [-0.1, -0.05) is 54.6 Å². The fourth-order valence-electron chi connectivity index (χ4n) is 3.38. The molecule has 1 heterocycles. The Morgan fingerprint density at radius 3 is 2.07 bits per heavy atom. The Balaban J connectivity index is 2.20. The van der Waals surface area contributed by atoms with E-state index in [-0.39, 0.29) is 29.3 Å². The summed E-state index contributed by atoms with van der Waals surface area (Å²) in [5.74, 6) is -0.840. The molecule has 28 heavy (non-hydrogen) atoms. The zero-order valence-electron chi connectivity index (χ0n) is 16.0. The zero-order chi connectivity index (χ0) is 20.3. The molecule has 3 rings (SSSR count). The lowest BCUT2D eigenvalue weighted by Gasteiger charge is -2.09. The number of nitrogens with zero attached hydrogens (tertiary/aromatic N) is 2. The molecule has 0 bridgehead atoms. The second-order valence-corrected chi connectivity index (χ2v) is 6.34. The van der Waals surface area contributed by atoms with E-state index in [1.54, 1.807) is 14.0 Å². The van der Waals surface area contributed by atoms with Gasteiger partial charge in [-0.05, 0) is 23.6 Å². The Kier molecular flexibility index (Phi) is 5.42. The summed E-state index contributed by atoms with van der Waals surface area (Å²) < 4.78 is 6.63. The maximum atomic E-state index is 12.6. The van der Waals surface area contributed by atoms with E-state index in [1.165, 1.54) is 11.5 Å². The van der Waals surface area contributed by atoms with Gasteiger partial charge < -0.3 is 9.30 Å². The van der Waals surface area contributed by atoms with Crippen molar-refractivity contribution in [1.82, 2.24) is 4.57 Å². The molecular formula is C23H20N2O3. The van der Waals surface area contributed by atoms with E-state index in [4.69, 9.17) is 4.74 Å². The molecule has 2 aromatic carbocycles. The lowest BCUT2D eigenvalue weighted by atomic mass is 9.97. The van der Waals surface area contributed by atoms with Crippen LogP contribution in [0.3, 0.4) is 0 Å². The molecule has 1 aromatic heterocycles. The van der Waals surface area contributed by atoms with Gasteiger partial charge in [-0.15, -0.1) is 0 Å². The normalized spacial score (nSPS) is 10.4. The zero-order valence-corrected chi connectivity index (χ0v) is 16.0. The van der Waals surface area contributed by atoms with E-state index in [2.05, 4.69) is 6.07 Å². The fourth-order valence-corrected chi connectivity index (χ4v) is 3.38. The molecule has 0 unspecified atom stereocenters. The molecule has 0 aliphatic heterocycles. The average molecular weight is 372 g/mol. The molecule has 3 aromatic rings. The molecule has 0 aliphatic rings. The summed E-state index contributed by atoms with van der Waals surface area (Å²) in [7, 11) is 1.60. The Morgan fingerprint density at radius 2 is 1.54 bits per heavy atom. The van der Waals surface area contributed by atoms with E-state index in [9.17, 15) is 14.9 Å². The van der Waals surface area contributed by atoms with Crippen molar-refractivity contribution in [2.75, 3.05) is 6.61 Å². The lowest BCUT2D eigenvalue weighted by Crippen LogP contribution is -2.13. The third-order valence-electron chi connectivity index (χ3n) is 4.59. The molecule has 5 heteroatoms. The van der Waals surface area contributed by atoms with Crippen LogP contribution in [0, 0.1) is 11.3 Å². The van der Waals surface area contributed by atoms with Gasteiger partial charge in [0.05, 0.1) is 12.2 Å². The van der Waals surface area contributed by atoms with Gasteiger partial charge in [-0.3, -0.25) is 4.79 Å². The van der Waals surface area contributed by atoms with Crippen LogP contribution in [-0.2, 0) is 11.8 Å². The summed E-state index contributed by atoms with van der Waals surface area (Å²) in [5.41, 5.74) is 3.78. The van der Waals surface area contributed by atoms with Crippen LogP contribution < -0.4 is 0 Å². The highest BCUT2D eigenvalue weighted by Crippen LogP contribution is 2.34. The Labute approximate surface area is 163 Å². The molecule has 5 nitrogen and oxygen atoms in total. The van der Waals surface area contributed by atoms with Gasteiger partial charge in [0.15, 0.2) is 5.78 Å². The van der Waals surface area contributed by atoms with Gasteiger partial charge in [-0.2, -0.15) is 5.26 Å². The van der Waals surface area contributed by atoms with Crippen molar-refractivity contribution >= 4 is 11.8 Å². The number of ether oxygens (including phenoxy) is 1. The van der Waals surface area contributed by atoms with Crippen molar-refractivity contribution in [3.8, 4) is 28.3 Å². The van der Waals surface area contributed by atoms with Crippen LogP contribution in [0.15, 0.2) is 54.6 Å². The van der Waals surface area contributed by atoms with Crippen LogP contribution in [0.5, 0.6) is 0 Å². The number of ketones is 1. The first-order valence-electron chi connectivity index (χ1n) is 8.96. The van der Waals surface area contributed by atoms with Crippen LogP contribution in [0.25, 0.3) is 22.3 Å². The minimum Gasteiger partial charge on any atom is -0.461 e. The number of Topliss-reactive ketones (excluding diaryl/α,β-unsaturated/α-hetero) is 1. The Hall–Kier alpha value is -3.65. The van der Waals surface area contributed by atoms with Crippen LogP contribution in [-0.4, -0.2) is 22.9 Å². The van der Waals surface area contributed by atoms with Crippen molar-refractivity contribution in [1.29, 1.82) is 5.26 Å². The topological polar surface area (TPSA) is 72.1 Å². The van der Waals surface area contributed by atoms with E-state index in [1.807, 2.05) is 54.6 Å². The predicted octanol–water partition coefficient (Wildman–Crippen LogP) is 4.61. The predicted molar refractivity (Wildman–Crippen MR) is 107 cm³/mol. The maximum absolute atomic E-state index is 12.6. The Bertz CT molecular complexity index is 1070. The number of esters is 1. The van der Waals surface area contributed by atoms with Crippen LogP contribution >= 0.6 is 0 Å². The van der Waals surface area contributed by atoms with Crippen molar-refractivity contribution in [3.05, 3.63) is 71.5 Å². The smallest absolute Gasteiger partial charge is 0.355 e. The van der Waals surface area contributed by atoms with E-state index in [0.717, 1.165) is 11.1 Å². The second-order valence-electron chi connectivity index (χ2n) is 6.34. The van der Waals surface area contributed by atoms with Crippen LogP contribution in [0.2, 0.25) is 0 Å². The highest BCUT2D eigenvalue weighted by molar-refractivity contribution is 6.05. The minimum absolute atomic E-state index is 0.186. The summed E-state index contributed by atoms with van der Waals surface area (Å²) in [4.78, 5) is 24.7. The van der Waals surface area contributed by atoms with E-state index < -0.39 is 5.97 Å². The number of carbonyl (C=O) groups is 2. The monoisotopic (exact) mass is 372 g/mol. The summed E-state index contributed by atoms with van der Waals surface area (Å²) in [6.07, 6.45) is 0. The number of carbonyl (C=O) groups excluding carboxylic acids is 2. The summed E-state index contributed by atoms with van der Waals surface area (Å²) in [5, 5.41) is 9.72. The third kappa shape index (κ3) is 3.33. The van der Waals surface area contributed by atoms with Gasteiger partial charge in [0.1, 0.15) is 17.5 Å². The summed E-state index contributed by atoms with van der Waals surface area (Å²) in [6, 6.07) is 19.6. The van der Waals surface area contributed by atoms with Crippen molar-refractivity contribution in [2.24, 2.45) is 7.05 Å². The van der Waals surface area contributed by atoms with Gasteiger partial charge >= 0.3 is 5.97 Å². The van der Waals surface area contributed by atoms with Gasteiger partial charge in [0, 0.05) is 19.5 Å². The highest BCUT2D eigenvalue weighted by atomic mass is 16.5. The third-order valence-corrected chi connectivity index (χ3v) is 4.59. The standard InChI is InChI=1S/C23H20N2O3/c1-4-28-23(27)22-20(19(14-24)21(15(2)26)25(22)3)18-12-10-17(11-13-18)16-8-6-5-7-9-16/h5-13H,4H2,1-3H3. The lowest BCUT2D eigenvalue weighted by molar-refractivity contribution is 0.0516. The summed E-state index contributed by atoms with van der Waals surface area (Å²) in [6.45, 7) is 3.30. The molecule has 0 amide bonds. The first kappa shape index (κ1) is 19.1. The first-order valence-corrected chi connectivity index (χ1v) is 8.96. The van der Waals surface area contributed by atoms with Crippen LogP contribution in [0.4, 0.5) is 0 Å².